The van der Waals surface area contributed by atoms with E-state index in [4.69, 9.17) is 4.84 Å². The summed E-state index contributed by atoms with van der Waals surface area (Å²) in [4.78, 5) is 9.46. The molecule has 0 heterocycles. The molecule has 0 fully saturated rings. The fourth-order valence-corrected chi connectivity index (χ4v) is 2.32. The van der Waals surface area contributed by atoms with Crippen LogP contribution in [0.4, 0.5) is 4.39 Å². The first-order valence-electron chi connectivity index (χ1n) is 9.02. The van der Waals surface area contributed by atoms with E-state index in [1.54, 1.807) is 19.2 Å². The first-order valence-corrected chi connectivity index (χ1v) is 9.02. The Morgan fingerprint density at radius 3 is 1.96 bits per heavy atom. The molecule has 4 nitrogen and oxygen atoms in total. The summed E-state index contributed by atoms with van der Waals surface area (Å²) in [6.45, 7) is 6.11. The van der Waals surface area contributed by atoms with Crippen molar-refractivity contribution in [2.75, 3.05) is 14.2 Å². The maximum Gasteiger partial charge on any atom is 0.123 e. The highest BCUT2D eigenvalue weighted by Gasteiger charge is 2.04. The number of halogens is 1. The third-order valence-electron chi connectivity index (χ3n) is 3.84. The Balaban J connectivity index is 0.000000277. The second kappa shape index (κ2) is 12.6. The van der Waals surface area contributed by atoms with Gasteiger partial charge < -0.3 is 9.68 Å². The quantitative estimate of drug-likeness (QED) is 0.460. The van der Waals surface area contributed by atoms with Crippen LogP contribution >= 0.6 is 0 Å². The number of rotatable bonds is 7. The van der Waals surface area contributed by atoms with Crippen molar-refractivity contribution in [2.24, 2.45) is 10.3 Å². The molecule has 0 saturated heterocycles. The predicted molar refractivity (Wildman–Crippen MR) is 110 cm³/mol. The molecule has 0 atom stereocenters. The summed E-state index contributed by atoms with van der Waals surface area (Å²) >= 11 is 0. The van der Waals surface area contributed by atoms with E-state index < -0.39 is 0 Å². The van der Waals surface area contributed by atoms with Crippen molar-refractivity contribution in [3.8, 4) is 0 Å². The maximum absolute atomic E-state index is 12.7. The fourth-order valence-electron chi connectivity index (χ4n) is 2.32. The van der Waals surface area contributed by atoms with Crippen LogP contribution < -0.4 is 0 Å². The lowest BCUT2D eigenvalue weighted by Crippen LogP contribution is -2.01. The third kappa shape index (κ3) is 8.49. The number of aryl methyl sites for hydroxylation is 1. The van der Waals surface area contributed by atoms with E-state index in [1.165, 1.54) is 24.8 Å². The summed E-state index contributed by atoms with van der Waals surface area (Å²) in [6, 6.07) is 14.5. The van der Waals surface area contributed by atoms with Crippen molar-refractivity contribution in [3.05, 3.63) is 71.0 Å². The molecule has 0 bridgehead atoms. The molecule has 0 spiro atoms. The zero-order valence-electron chi connectivity index (χ0n) is 16.8. The number of nitrogens with zero attached hydrogens (tertiary/aromatic N) is 2. The molecular weight excluding hydrogens is 343 g/mol. The van der Waals surface area contributed by atoms with Crippen LogP contribution in [0, 0.1) is 12.7 Å². The molecular formula is C22H29FN2O2. The Bertz CT molecular complexity index is 723. The predicted octanol–water partition coefficient (Wildman–Crippen LogP) is 5.73. The van der Waals surface area contributed by atoms with E-state index in [0.29, 0.717) is 0 Å². The summed E-state index contributed by atoms with van der Waals surface area (Å²) in [5, 5.41) is 7.80. The van der Waals surface area contributed by atoms with Crippen molar-refractivity contribution in [2.45, 2.75) is 40.0 Å². The van der Waals surface area contributed by atoms with Gasteiger partial charge in [0.25, 0.3) is 0 Å². The van der Waals surface area contributed by atoms with Gasteiger partial charge in [-0.2, -0.15) is 0 Å². The van der Waals surface area contributed by atoms with Gasteiger partial charge in [0.05, 0.1) is 11.4 Å². The molecule has 2 rings (SSSR count). The van der Waals surface area contributed by atoms with Crippen molar-refractivity contribution in [1.29, 1.82) is 0 Å². The van der Waals surface area contributed by atoms with E-state index in [-0.39, 0.29) is 5.82 Å². The molecule has 146 valence electrons. The minimum Gasteiger partial charge on any atom is -0.399 e. The number of hydrogen-bond acceptors (Lipinski definition) is 4. The highest BCUT2D eigenvalue weighted by molar-refractivity contribution is 6.00. The van der Waals surface area contributed by atoms with Crippen LogP contribution in [0.3, 0.4) is 0 Å². The van der Waals surface area contributed by atoms with Crippen molar-refractivity contribution < 1.29 is 14.1 Å². The Morgan fingerprint density at radius 2 is 1.44 bits per heavy atom. The van der Waals surface area contributed by atoms with Gasteiger partial charge in [0.15, 0.2) is 0 Å². The molecule has 0 aromatic heterocycles. The molecule has 0 saturated carbocycles. The molecule has 2 aromatic carbocycles. The van der Waals surface area contributed by atoms with E-state index in [0.717, 1.165) is 41.8 Å². The molecule has 27 heavy (non-hydrogen) atoms. The summed E-state index contributed by atoms with van der Waals surface area (Å²) in [5.41, 5.74) is 5.05. The van der Waals surface area contributed by atoms with Crippen molar-refractivity contribution in [1.82, 2.24) is 0 Å². The number of benzene rings is 2. The topological polar surface area (TPSA) is 43.2 Å². The van der Waals surface area contributed by atoms with Crippen LogP contribution in [0.25, 0.3) is 0 Å². The molecule has 2 aromatic rings. The average molecular weight is 372 g/mol. The minimum atomic E-state index is -0.231. The standard InChI is InChI=1S/C12H16FNO.C10H13NO/c1-3-4-5-12(14-15-2)10-6-8-11(13)9-7-10;1-8-4-6-10(7-5-8)9(2)11-12-3/h6-9H,3-5H2,1-2H3;4-7H,1-3H3. The summed E-state index contributed by atoms with van der Waals surface area (Å²) in [5.74, 6) is -0.231. The molecule has 0 amide bonds. The van der Waals surface area contributed by atoms with E-state index in [1.807, 2.05) is 19.1 Å². The second-order valence-corrected chi connectivity index (χ2v) is 6.06. The van der Waals surface area contributed by atoms with Gasteiger partial charge in [-0.15, -0.1) is 0 Å². The first kappa shape index (κ1) is 22.4. The van der Waals surface area contributed by atoms with Crippen molar-refractivity contribution in [3.63, 3.8) is 0 Å². The highest BCUT2D eigenvalue weighted by Crippen LogP contribution is 2.10. The van der Waals surface area contributed by atoms with Gasteiger partial charge in [0.1, 0.15) is 20.0 Å². The molecule has 0 radical (unpaired) electrons. The number of hydrogen-bond donors (Lipinski definition) is 0. The Morgan fingerprint density at radius 1 is 0.889 bits per heavy atom. The van der Waals surface area contributed by atoms with Gasteiger partial charge in [-0.25, -0.2) is 4.39 Å². The third-order valence-corrected chi connectivity index (χ3v) is 3.84. The second-order valence-electron chi connectivity index (χ2n) is 6.06. The minimum absolute atomic E-state index is 0.231. The van der Waals surface area contributed by atoms with Gasteiger partial charge in [-0.05, 0) is 49.9 Å². The van der Waals surface area contributed by atoms with Crippen LogP contribution in [0.1, 0.15) is 49.8 Å². The summed E-state index contributed by atoms with van der Waals surface area (Å²) in [7, 11) is 3.08. The Labute approximate surface area is 161 Å². The number of oxime groups is 2. The van der Waals surface area contributed by atoms with Gasteiger partial charge in [-0.1, -0.05) is 65.6 Å². The average Bonchev–Trinajstić information content (AvgIpc) is 2.67. The van der Waals surface area contributed by atoms with Gasteiger partial charge in [0.2, 0.25) is 0 Å². The lowest BCUT2D eigenvalue weighted by Gasteiger charge is -2.04. The summed E-state index contributed by atoms with van der Waals surface area (Å²) in [6.07, 6.45) is 3.01. The van der Waals surface area contributed by atoms with Crippen LogP contribution in [0.15, 0.2) is 58.8 Å². The zero-order valence-corrected chi connectivity index (χ0v) is 16.8. The monoisotopic (exact) mass is 372 g/mol. The zero-order chi connectivity index (χ0) is 20.1. The van der Waals surface area contributed by atoms with E-state index >= 15 is 0 Å². The molecule has 0 unspecified atom stereocenters. The smallest absolute Gasteiger partial charge is 0.123 e. The van der Waals surface area contributed by atoms with Crippen LogP contribution in [0.5, 0.6) is 0 Å². The maximum atomic E-state index is 12.7. The molecule has 5 heteroatoms. The SMILES string of the molecule is CCCCC(=NOC)c1ccc(F)cc1.CON=C(C)c1ccc(C)cc1. The first-order chi connectivity index (χ1) is 13.0. The van der Waals surface area contributed by atoms with E-state index in [2.05, 4.69) is 41.1 Å². The number of unbranched alkanes of at least 4 members (excludes halogenated alkanes) is 1. The van der Waals surface area contributed by atoms with Crippen LogP contribution in [-0.4, -0.2) is 25.6 Å². The Hall–Kier alpha value is -2.69. The fraction of sp³-hybridized carbons (Fsp3) is 0.364. The largest absolute Gasteiger partial charge is 0.399 e. The van der Waals surface area contributed by atoms with Gasteiger partial charge in [0, 0.05) is 0 Å². The molecule has 0 aliphatic rings. The van der Waals surface area contributed by atoms with Gasteiger partial charge in [-0.3, -0.25) is 0 Å². The molecule has 0 aliphatic heterocycles. The summed E-state index contributed by atoms with van der Waals surface area (Å²) < 4.78 is 12.7. The lowest BCUT2D eigenvalue weighted by atomic mass is 10.1. The lowest BCUT2D eigenvalue weighted by molar-refractivity contribution is 0.212. The van der Waals surface area contributed by atoms with Gasteiger partial charge >= 0.3 is 0 Å². The van der Waals surface area contributed by atoms with Crippen LogP contribution in [-0.2, 0) is 9.68 Å². The normalized spacial score (nSPS) is 11.5. The van der Waals surface area contributed by atoms with Crippen LogP contribution in [0.2, 0.25) is 0 Å². The van der Waals surface area contributed by atoms with Crippen molar-refractivity contribution >= 4 is 11.4 Å². The molecule has 0 N–H and O–H groups in total. The Kier molecular flexibility index (Phi) is 10.5. The van der Waals surface area contributed by atoms with E-state index in [9.17, 15) is 4.39 Å². The molecule has 0 aliphatic carbocycles. The highest BCUT2D eigenvalue weighted by atomic mass is 19.1.